The molecule has 3 heterocycles. The van der Waals surface area contributed by atoms with Crippen LogP contribution >= 0.6 is 0 Å². The Balaban J connectivity index is 1.78. The van der Waals surface area contributed by atoms with Gasteiger partial charge in [-0.25, -0.2) is 14.6 Å². The number of piperazine rings is 1. The SMILES string of the molecule is CN1CCN(Cc2cccnc2-n2cncn2)CC1. The lowest BCUT2D eigenvalue weighted by molar-refractivity contribution is 0.148. The minimum Gasteiger partial charge on any atom is -0.304 e. The summed E-state index contributed by atoms with van der Waals surface area (Å²) in [6.07, 6.45) is 5.02. The highest BCUT2D eigenvalue weighted by molar-refractivity contribution is 5.32. The molecule has 19 heavy (non-hydrogen) atoms. The van der Waals surface area contributed by atoms with E-state index in [9.17, 15) is 0 Å². The van der Waals surface area contributed by atoms with Crippen LogP contribution in [0.5, 0.6) is 0 Å². The van der Waals surface area contributed by atoms with E-state index < -0.39 is 0 Å². The van der Waals surface area contributed by atoms with Crippen molar-refractivity contribution in [1.29, 1.82) is 0 Å². The Morgan fingerprint density at radius 2 is 2.05 bits per heavy atom. The molecule has 0 unspecified atom stereocenters. The average molecular weight is 258 g/mol. The molecule has 0 amide bonds. The second kappa shape index (κ2) is 5.46. The van der Waals surface area contributed by atoms with Crippen LogP contribution in [0.25, 0.3) is 5.82 Å². The van der Waals surface area contributed by atoms with Crippen LogP contribution in [0.15, 0.2) is 31.0 Å². The summed E-state index contributed by atoms with van der Waals surface area (Å²) in [7, 11) is 2.17. The number of rotatable bonds is 3. The molecule has 0 saturated carbocycles. The Labute approximate surface area is 112 Å². The summed E-state index contributed by atoms with van der Waals surface area (Å²) < 4.78 is 1.73. The van der Waals surface area contributed by atoms with Crippen LogP contribution in [0, 0.1) is 0 Å². The van der Waals surface area contributed by atoms with Crippen LogP contribution in [0.3, 0.4) is 0 Å². The molecular formula is C13H18N6. The lowest BCUT2D eigenvalue weighted by Crippen LogP contribution is -2.44. The van der Waals surface area contributed by atoms with E-state index in [0.717, 1.165) is 38.5 Å². The maximum atomic E-state index is 4.42. The molecule has 2 aromatic heterocycles. The quantitative estimate of drug-likeness (QED) is 0.798. The predicted molar refractivity (Wildman–Crippen MR) is 71.9 cm³/mol. The zero-order valence-electron chi connectivity index (χ0n) is 11.1. The van der Waals surface area contributed by atoms with Gasteiger partial charge in [0, 0.05) is 44.5 Å². The average Bonchev–Trinajstić information content (AvgIpc) is 2.96. The molecule has 0 atom stereocenters. The molecule has 0 spiro atoms. The van der Waals surface area contributed by atoms with Crippen LogP contribution in [0.2, 0.25) is 0 Å². The molecule has 3 rings (SSSR count). The fourth-order valence-corrected chi connectivity index (χ4v) is 2.32. The summed E-state index contributed by atoms with van der Waals surface area (Å²) in [5, 5.41) is 4.17. The number of nitrogens with zero attached hydrogens (tertiary/aromatic N) is 6. The van der Waals surface area contributed by atoms with E-state index in [4.69, 9.17) is 0 Å². The lowest BCUT2D eigenvalue weighted by Gasteiger charge is -2.32. The Morgan fingerprint density at radius 1 is 1.21 bits per heavy atom. The molecule has 1 aliphatic rings. The number of pyridine rings is 1. The second-order valence-electron chi connectivity index (χ2n) is 4.91. The van der Waals surface area contributed by atoms with Gasteiger partial charge in [-0.1, -0.05) is 6.07 Å². The minimum atomic E-state index is 0.874. The van der Waals surface area contributed by atoms with E-state index >= 15 is 0 Å². The first-order valence-electron chi connectivity index (χ1n) is 6.53. The van der Waals surface area contributed by atoms with Crippen LogP contribution in [-0.4, -0.2) is 62.8 Å². The molecule has 2 aromatic rings. The Kier molecular flexibility index (Phi) is 3.52. The summed E-state index contributed by atoms with van der Waals surface area (Å²) in [6.45, 7) is 5.36. The van der Waals surface area contributed by atoms with Gasteiger partial charge in [-0.2, -0.15) is 5.10 Å². The highest BCUT2D eigenvalue weighted by atomic mass is 15.3. The molecule has 6 heteroatoms. The van der Waals surface area contributed by atoms with Gasteiger partial charge in [0.2, 0.25) is 0 Å². The fraction of sp³-hybridized carbons (Fsp3) is 0.462. The second-order valence-corrected chi connectivity index (χ2v) is 4.91. The van der Waals surface area contributed by atoms with Crippen molar-refractivity contribution in [3.63, 3.8) is 0 Å². The van der Waals surface area contributed by atoms with Crippen molar-refractivity contribution in [2.24, 2.45) is 0 Å². The molecule has 100 valence electrons. The van der Waals surface area contributed by atoms with Gasteiger partial charge in [-0.3, -0.25) is 4.90 Å². The van der Waals surface area contributed by atoms with Crippen molar-refractivity contribution in [2.75, 3.05) is 33.2 Å². The van der Waals surface area contributed by atoms with Crippen molar-refractivity contribution in [2.45, 2.75) is 6.54 Å². The molecule has 1 saturated heterocycles. The molecule has 0 aromatic carbocycles. The summed E-state index contributed by atoms with van der Waals surface area (Å²) in [4.78, 5) is 13.2. The molecular weight excluding hydrogens is 240 g/mol. The Morgan fingerprint density at radius 3 is 2.79 bits per heavy atom. The molecule has 0 bridgehead atoms. The Bertz CT molecular complexity index is 516. The lowest BCUT2D eigenvalue weighted by atomic mass is 10.2. The van der Waals surface area contributed by atoms with Gasteiger partial charge in [0.1, 0.15) is 12.7 Å². The van der Waals surface area contributed by atoms with Gasteiger partial charge in [0.25, 0.3) is 0 Å². The number of hydrogen-bond donors (Lipinski definition) is 0. The van der Waals surface area contributed by atoms with Gasteiger partial charge in [-0.15, -0.1) is 0 Å². The molecule has 0 aliphatic carbocycles. The van der Waals surface area contributed by atoms with E-state index in [-0.39, 0.29) is 0 Å². The summed E-state index contributed by atoms with van der Waals surface area (Å²) in [5.41, 5.74) is 1.19. The van der Waals surface area contributed by atoms with E-state index in [1.165, 1.54) is 11.9 Å². The highest BCUT2D eigenvalue weighted by Gasteiger charge is 2.16. The van der Waals surface area contributed by atoms with Gasteiger partial charge in [0.15, 0.2) is 5.82 Å². The van der Waals surface area contributed by atoms with Crippen molar-refractivity contribution in [1.82, 2.24) is 29.5 Å². The van der Waals surface area contributed by atoms with Gasteiger partial charge in [-0.05, 0) is 13.1 Å². The smallest absolute Gasteiger partial charge is 0.159 e. The van der Waals surface area contributed by atoms with Crippen LogP contribution < -0.4 is 0 Å². The summed E-state index contributed by atoms with van der Waals surface area (Å²) >= 11 is 0. The molecule has 0 radical (unpaired) electrons. The van der Waals surface area contributed by atoms with E-state index in [1.807, 2.05) is 6.07 Å². The van der Waals surface area contributed by atoms with E-state index in [1.54, 1.807) is 17.2 Å². The zero-order chi connectivity index (χ0) is 13.1. The number of aromatic nitrogens is 4. The highest BCUT2D eigenvalue weighted by Crippen LogP contribution is 2.13. The summed E-state index contributed by atoms with van der Waals surface area (Å²) in [6, 6.07) is 4.09. The summed E-state index contributed by atoms with van der Waals surface area (Å²) in [5.74, 6) is 0.874. The Hall–Kier alpha value is -1.79. The van der Waals surface area contributed by atoms with Crippen molar-refractivity contribution >= 4 is 0 Å². The molecule has 1 fully saturated rings. The maximum Gasteiger partial charge on any atom is 0.159 e. The third-order valence-corrected chi connectivity index (χ3v) is 3.49. The fourth-order valence-electron chi connectivity index (χ4n) is 2.32. The van der Waals surface area contributed by atoms with Crippen LogP contribution in [0.4, 0.5) is 0 Å². The molecule has 1 aliphatic heterocycles. The number of likely N-dealkylation sites (N-methyl/N-ethyl adjacent to an activating group) is 1. The van der Waals surface area contributed by atoms with Crippen molar-refractivity contribution < 1.29 is 0 Å². The largest absolute Gasteiger partial charge is 0.304 e. The van der Waals surface area contributed by atoms with E-state index in [0.29, 0.717) is 0 Å². The monoisotopic (exact) mass is 258 g/mol. The molecule has 0 N–H and O–H groups in total. The maximum absolute atomic E-state index is 4.42. The van der Waals surface area contributed by atoms with Crippen molar-refractivity contribution in [3.05, 3.63) is 36.5 Å². The number of hydrogen-bond acceptors (Lipinski definition) is 5. The van der Waals surface area contributed by atoms with Gasteiger partial charge >= 0.3 is 0 Å². The van der Waals surface area contributed by atoms with Crippen LogP contribution in [-0.2, 0) is 6.54 Å². The van der Waals surface area contributed by atoms with Gasteiger partial charge < -0.3 is 4.90 Å². The zero-order valence-corrected chi connectivity index (χ0v) is 11.1. The van der Waals surface area contributed by atoms with Gasteiger partial charge in [0.05, 0.1) is 0 Å². The van der Waals surface area contributed by atoms with Crippen molar-refractivity contribution in [3.8, 4) is 5.82 Å². The minimum absolute atomic E-state index is 0.874. The predicted octanol–water partition coefficient (Wildman–Crippen LogP) is 0.410. The first kappa shape index (κ1) is 12.3. The van der Waals surface area contributed by atoms with E-state index in [2.05, 4.69) is 38.0 Å². The third-order valence-electron chi connectivity index (χ3n) is 3.49. The molecule has 6 nitrogen and oxygen atoms in total. The normalized spacial score (nSPS) is 17.7. The first-order chi connectivity index (χ1) is 9.33. The topological polar surface area (TPSA) is 50.1 Å². The van der Waals surface area contributed by atoms with Crippen LogP contribution in [0.1, 0.15) is 5.56 Å². The standard InChI is InChI=1S/C13H18N6/c1-17-5-7-18(8-6-17)9-12-3-2-4-15-13(12)19-11-14-10-16-19/h2-4,10-11H,5-9H2,1H3. The first-order valence-corrected chi connectivity index (χ1v) is 6.53. The third kappa shape index (κ3) is 2.80.